The lowest BCUT2D eigenvalue weighted by molar-refractivity contribution is -0.129. The van der Waals surface area contributed by atoms with Crippen molar-refractivity contribution in [2.75, 3.05) is 50.1 Å². The number of ether oxygens (including phenoxy) is 1. The molecule has 0 saturated carbocycles. The number of anilines is 2. The van der Waals surface area contributed by atoms with E-state index in [0.717, 1.165) is 43.0 Å². The minimum Gasteiger partial charge on any atom is -0.457 e. The topological polar surface area (TPSA) is 75.0 Å². The number of carbonyl (C=O) groups excluding carboxylic acids is 2. The van der Waals surface area contributed by atoms with Gasteiger partial charge in [-0.05, 0) is 42.5 Å². The largest absolute Gasteiger partial charge is 0.457 e. The summed E-state index contributed by atoms with van der Waals surface area (Å²) in [6.45, 7) is 3.13. The van der Waals surface area contributed by atoms with E-state index in [-0.39, 0.29) is 18.4 Å². The molecule has 2 amide bonds. The van der Waals surface area contributed by atoms with Crippen molar-refractivity contribution in [1.29, 1.82) is 0 Å². The molecule has 1 fully saturated rings. The molecule has 0 radical (unpaired) electrons. The van der Waals surface area contributed by atoms with Crippen molar-refractivity contribution in [2.24, 2.45) is 0 Å². The van der Waals surface area contributed by atoms with Gasteiger partial charge in [0.1, 0.15) is 11.3 Å². The van der Waals surface area contributed by atoms with Gasteiger partial charge in [0.2, 0.25) is 11.8 Å². The van der Waals surface area contributed by atoms with Crippen LogP contribution in [-0.2, 0) is 14.3 Å². The van der Waals surface area contributed by atoms with Gasteiger partial charge < -0.3 is 24.3 Å². The average Bonchev–Trinajstić information content (AvgIpc) is 3.21. The zero-order valence-electron chi connectivity index (χ0n) is 17.4. The fourth-order valence-corrected chi connectivity index (χ4v) is 3.44. The van der Waals surface area contributed by atoms with E-state index in [1.54, 1.807) is 13.1 Å². The van der Waals surface area contributed by atoms with Crippen LogP contribution in [0.15, 0.2) is 65.1 Å². The third-order valence-electron chi connectivity index (χ3n) is 5.12. The van der Waals surface area contributed by atoms with Crippen LogP contribution in [-0.4, -0.2) is 56.6 Å². The normalized spacial score (nSPS) is 14.2. The van der Waals surface area contributed by atoms with Gasteiger partial charge >= 0.3 is 0 Å². The molecule has 7 heteroatoms. The molecule has 3 aromatic rings. The lowest BCUT2D eigenvalue weighted by Crippen LogP contribution is -2.36. The molecular weight excluding hydrogens is 394 g/mol. The first-order valence-corrected chi connectivity index (χ1v) is 10.2. The number of benzene rings is 2. The first-order valence-electron chi connectivity index (χ1n) is 10.2. The number of fused-ring (bicyclic) bond motifs is 1. The maximum Gasteiger partial charge on any atom is 0.246 e. The summed E-state index contributed by atoms with van der Waals surface area (Å²) >= 11 is 0. The summed E-state index contributed by atoms with van der Waals surface area (Å²) in [5, 5.41) is 3.80. The number of likely N-dealkylation sites (N-methyl/N-ethyl adjacent to an activating group) is 1. The predicted molar refractivity (Wildman–Crippen MR) is 121 cm³/mol. The zero-order valence-corrected chi connectivity index (χ0v) is 17.4. The molecule has 7 nitrogen and oxygen atoms in total. The minimum absolute atomic E-state index is 0.0471. The van der Waals surface area contributed by atoms with Crippen LogP contribution in [0.4, 0.5) is 11.4 Å². The number of morpholine rings is 1. The Bertz CT molecular complexity index is 1050. The Kier molecular flexibility index (Phi) is 6.33. The quantitative estimate of drug-likeness (QED) is 0.620. The van der Waals surface area contributed by atoms with Crippen molar-refractivity contribution < 1.29 is 18.7 Å². The van der Waals surface area contributed by atoms with Gasteiger partial charge in [-0.3, -0.25) is 9.59 Å². The summed E-state index contributed by atoms with van der Waals surface area (Å²) in [4.78, 5) is 28.3. The van der Waals surface area contributed by atoms with E-state index in [9.17, 15) is 9.59 Å². The molecule has 1 aromatic heterocycles. The smallest absolute Gasteiger partial charge is 0.246 e. The standard InChI is InChI=1S/C24H25N3O4/c1-26(24(29)11-10-21-16-18-4-2-3-5-22(18)31-21)17-23(28)25-19-6-8-20(9-7-19)27-12-14-30-15-13-27/h2-11,16H,12-15,17H2,1H3,(H,25,28). The number of hydrogen-bond acceptors (Lipinski definition) is 5. The zero-order chi connectivity index (χ0) is 21.6. The summed E-state index contributed by atoms with van der Waals surface area (Å²) in [6.07, 6.45) is 3.02. The average molecular weight is 419 g/mol. The molecular formula is C24H25N3O4. The number of furan rings is 1. The van der Waals surface area contributed by atoms with E-state index in [1.165, 1.54) is 11.0 Å². The summed E-state index contributed by atoms with van der Waals surface area (Å²) in [6, 6.07) is 17.2. The fraction of sp³-hybridized carbons (Fsp3) is 0.250. The van der Waals surface area contributed by atoms with Gasteiger partial charge in [0.25, 0.3) is 0 Å². The summed E-state index contributed by atoms with van der Waals surface area (Å²) in [5.74, 6) is 0.0538. The molecule has 0 aliphatic carbocycles. The molecule has 0 bridgehead atoms. The molecule has 0 atom stereocenters. The Morgan fingerprint density at radius 3 is 2.58 bits per heavy atom. The second-order valence-electron chi connectivity index (χ2n) is 7.41. The molecule has 0 unspecified atom stereocenters. The molecule has 1 aliphatic heterocycles. The molecule has 31 heavy (non-hydrogen) atoms. The van der Waals surface area contributed by atoms with Gasteiger partial charge in [-0.25, -0.2) is 0 Å². The summed E-state index contributed by atoms with van der Waals surface area (Å²) in [5.41, 5.74) is 2.56. The SMILES string of the molecule is CN(CC(=O)Nc1ccc(N2CCOCC2)cc1)C(=O)C=Cc1cc2ccccc2o1. The van der Waals surface area contributed by atoms with Crippen molar-refractivity contribution in [2.45, 2.75) is 0 Å². The first-order chi connectivity index (χ1) is 15.1. The highest BCUT2D eigenvalue weighted by Gasteiger charge is 2.13. The molecule has 2 heterocycles. The highest BCUT2D eigenvalue weighted by Crippen LogP contribution is 2.20. The van der Waals surface area contributed by atoms with E-state index in [1.807, 2.05) is 54.6 Å². The monoisotopic (exact) mass is 419 g/mol. The van der Waals surface area contributed by atoms with Gasteiger partial charge in [-0.1, -0.05) is 18.2 Å². The van der Waals surface area contributed by atoms with Crippen LogP contribution < -0.4 is 10.2 Å². The maximum absolute atomic E-state index is 12.3. The third-order valence-corrected chi connectivity index (χ3v) is 5.12. The van der Waals surface area contributed by atoms with E-state index in [2.05, 4.69) is 10.2 Å². The van der Waals surface area contributed by atoms with Crippen LogP contribution in [0.1, 0.15) is 5.76 Å². The third kappa shape index (κ3) is 5.32. The highest BCUT2D eigenvalue weighted by molar-refractivity contribution is 5.98. The van der Waals surface area contributed by atoms with Gasteiger partial charge in [0, 0.05) is 43.0 Å². The van der Waals surface area contributed by atoms with E-state index in [4.69, 9.17) is 9.15 Å². The van der Waals surface area contributed by atoms with Gasteiger partial charge in [0.15, 0.2) is 0 Å². The van der Waals surface area contributed by atoms with Crippen molar-refractivity contribution in [3.05, 3.63) is 66.4 Å². The molecule has 160 valence electrons. The number of hydrogen-bond donors (Lipinski definition) is 1. The Hall–Kier alpha value is -3.58. The number of amides is 2. The summed E-state index contributed by atoms with van der Waals surface area (Å²) in [7, 11) is 1.59. The van der Waals surface area contributed by atoms with E-state index >= 15 is 0 Å². The Balaban J connectivity index is 1.28. The molecule has 2 aromatic carbocycles. The highest BCUT2D eigenvalue weighted by atomic mass is 16.5. The molecule has 1 N–H and O–H groups in total. The molecule has 0 spiro atoms. The Morgan fingerprint density at radius 2 is 1.84 bits per heavy atom. The number of para-hydroxylation sites is 1. The van der Waals surface area contributed by atoms with Crippen LogP contribution in [0.2, 0.25) is 0 Å². The molecule has 4 rings (SSSR count). The lowest BCUT2D eigenvalue weighted by atomic mass is 10.2. The van der Waals surface area contributed by atoms with Gasteiger partial charge in [-0.15, -0.1) is 0 Å². The van der Waals surface area contributed by atoms with Gasteiger partial charge in [0.05, 0.1) is 19.8 Å². The van der Waals surface area contributed by atoms with Crippen molar-refractivity contribution >= 4 is 40.2 Å². The van der Waals surface area contributed by atoms with E-state index < -0.39 is 0 Å². The first kappa shape index (κ1) is 20.7. The van der Waals surface area contributed by atoms with Gasteiger partial charge in [-0.2, -0.15) is 0 Å². The van der Waals surface area contributed by atoms with E-state index in [0.29, 0.717) is 11.4 Å². The number of carbonyl (C=O) groups is 2. The molecule has 1 aliphatic rings. The van der Waals surface area contributed by atoms with Crippen LogP contribution in [0, 0.1) is 0 Å². The van der Waals surface area contributed by atoms with Crippen molar-refractivity contribution in [3.8, 4) is 0 Å². The summed E-state index contributed by atoms with van der Waals surface area (Å²) < 4.78 is 11.0. The van der Waals surface area contributed by atoms with Crippen LogP contribution in [0.3, 0.4) is 0 Å². The second kappa shape index (κ2) is 9.49. The Morgan fingerprint density at radius 1 is 1.10 bits per heavy atom. The minimum atomic E-state index is -0.279. The van der Waals surface area contributed by atoms with Crippen molar-refractivity contribution in [1.82, 2.24) is 4.90 Å². The maximum atomic E-state index is 12.3. The number of rotatable bonds is 6. The Labute approximate surface area is 180 Å². The van der Waals surface area contributed by atoms with Crippen molar-refractivity contribution in [3.63, 3.8) is 0 Å². The number of nitrogens with zero attached hydrogens (tertiary/aromatic N) is 2. The fourth-order valence-electron chi connectivity index (χ4n) is 3.44. The number of nitrogens with one attached hydrogen (secondary N) is 1. The van der Waals surface area contributed by atoms with Crippen LogP contribution in [0.5, 0.6) is 0 Å². The second-order valence-corrected chi connectivity index (χ2v) is 7.41. The lowest BCUT2D eigenvalue weighted by Gasteiger charge is -2.28. The predicted octanol–water partition coefficient (Wildman–Crippen LogP) is 3.38. The van der Waals surface area contributed by atoms with Crippen LogP contribution >= 0.6 is 0 Å². The molecule has 1 saturated heterocycles. The van der Waals surface area contributed by atoms with Crippen LogP contribution in [0.25, 0.3) is 17.0 Å².